The van der Waals surface area contributed by atoms with E-state index in [0.717, 1.165) is 12.8 Å². The first-order valence-corrected chi connectivity index (χ1v) is 6.80. The van der Waals surface area contributed by atoms with Crippen LogP contribution >= 0.6 is 0 Å². The highest BCUT2D eigenvalue weighted by atomic mass is 17.2. The molecular weight excluding hydrogens is 292 g/mol. The van der Waals surface area contributed by atoms with Gasteiger partial charge in [-0.05, 0) is 24.1 Å². The number of carboxylic acids is 1. The predicted molar refractivity (Wildman–Crippen MR) is 77.0 cm³/mol. The van der Waals surface area contributed by atoms with Crippen molar-refractivity contribution in [2.75, 3.05) is 13.7 Å². The van der Waals surface area contributed by atoms with Crippen molar-refractivity contribution < 1.29 is 29.2 Å². The van der Waals surface area contributed by atoms with Crippen molar-refractivity contribution in [3.8, 4) is 5.75 Å². The van der Waals surface area contributed by atoms with Gasteiger partial charge in [0.2, 0.25) is 0 Å². The fourth-order valence-corrected chi connectivity index (χ4v) is 1.58. The molecule has 122 valence electrons. The van der Waals surface area contributed by atoms with Gasteiger partial charge in [0.15, 0.2) is 5.75 Å². The molecule has 3 N–H and O–H groups in total. The molecule has 0 saturated heterocycles. The van der Waals surface area contributed by atoms with Crippen LogP contribution in [0.15, 0.2) is 24.3 Å². The van der Waals surface area contributed by atoms with E-state index in [9.17, 15) is 14.7 Å². The Bertz CT molecular complexity index is 477. The summed E-state index contributed by atoms with van der Waals surface area (Å²) in [6, 6.07) is 5.08. The number of carbonyl (C=O) groups is 2. The van der Waals surface area contributed by atoms with E-state index in [1.165, 1.54) is 7.11 Å². The quantitative estimate of drug-likeness (QED) is 0.362. The number of hydrazine groups is 1. The Morgan fingerprint density at radius 2 is 1.95 bits per heavy atom. The molecule has 1 aromatic carbocycles. The Morgan fingerprint density at radius 1 is 1.27 bits per heavy atom. The van der Waals surface area contributed by atoms with Crippen LogP contribution in [0.3, 0.4) is 0 Å². The molecule has 8 heteroatoms. The monoisotopic (exact) mass is 312 g/mol. The summed E-state index contributed by atoms with van der Waals surface area (Å²) in [4.78, 5) is 32.0. The minimum absolute atomic E-state index is 0.283. The highest BCUT2D eigenvalue weighted by Crippen LogP contribution is 2.18. The maximum atomic E-state index is 11.4. The number of amides is 1. The highest BCUT2D eigenvalue weighted by molar-refractivity contribution is 5.76. The molecule has 0 aliphatic carbocycles. The Labute approximate surface area is 128 Å². The molecule has 0 radical (unpaired) electrons. The minimum Gasteiger partial charge on any atom is -0.480 e. The van der Waals surface area contributed by atoms with Crippen molar-refractivity contribution >= 4 is 12.1 Å². The maximum absolute atomic E-state index is 11.4. The zero-order valence-corrected chi connectivity index (χ0v) is 12.5. The van der Waals surface area contributed by atoms with E-state index in [2.05, 4.69) is 15.7 Å². The van der Waals surface area contributed by atoms with Crippen molar-refractivity contribution in [3.05, 3.63) is 29.8 Å². The van der Waals surface area contributed by atoms with Gasteiger partial charge in [-0.15, -0.1) is 0 Å². The molecule has 0 heterocycles. The summed E-state index contributed by atoms with van der Waals surface area (Å²) < 4.78 is 4.86. The van der Waals surface area contributed by atoms with Crippen LogP contribution in [0.4, 0.5) is 4.79 Å². The van der Waals surface area contributed by atoms with Crippen LogP contribution in [-0.2, 0) is 14.4 Å². The van der Waals surface area contributed by atoms with Gasteiger partial charge in [0.25, 0.3) is 0 Å². The van der Waals surface area contributed by atoms with Gasteiger partial charge in [0.05, 0.1) is 13.7 Å². The van der Waals surface area contributed by atoms with Crippen LogP contribution in [0.5, 0.6) is 5.75 Å². The topological polar surface area (TPSA) is 106 Å². The minimum atomic E-state index is -1.14. The number of rotatable bonds is 9. The third-order valence-electron chi connectivity index (χ3n) is 2.69. The van der Waals surface area contributed by atoms with E-state index < -0.39 is 18.1 Å². The smallest absolute Gasteiger partial charge is 0.421 e. The van der Waals surface area contributed by atoms with Gasteiger partial charge in [0.1, 0.15) is 6.04 Å². The van der Waals surface area contributed by atoms with E-state index in [1.54, 1.807) is 24.3 Å². The number of hydrogen-bond donors (Lipinski definition) is 3. The second-order valence-electron chi connectivity index (χ2n) is 4.35. The van der Waals surface area contributed by atoms with E-state index in [1.807, 2.05) is 6.92 Å². The summed E-state index contributed by atoms with van der Waals surface area (Å²) in [6.07, 6.45) is 0.921. The molecule has 0 saturated carbocycles. The lowest BCUT2D eigenvalue weighted by atomic mass is 10.1. The Balaban J connectivity index is 2.58. The lowest BCUT2D eigenvalue weighted by molar-refractivity contribution is -0.178. The van der Waals surface area contributed by atoms with Crippen LogP contribution in [0.2, 0.25) is 0 Å². The van der Waals surface area contributed by atoms with Gasteiger partial charge >= 0.3 is 12.1 Å². The molecule has 0 bridgehead atoms. The third-order valence-corrected chi connectivity index (χ3v) is 2.69. The molecule has 0 spiro atoms. The lowest BCUT2D eigenvalue weighted by Crippen LogP contribution is -2.43. The molecule has 1 amide bonds. The fourth-order valence-electron chi connectivity index (χ4n) is 1.58. The summed E-state index contributed by atoms with van der Waals surface area (Å²) in [5.74, 6) is -0.711. The van der Waals surface area contributed by atoms with Crippen LogP contribution < -0.4 is 15.7 Å². The third kappa shape index (κ3) is 5.98. The lowest BCUT2D eigenvalue weighted by Gasteiger charge is -2.16. The van der Waals surface area contributed by atoms with Gasteiger partial charge < -0.3 is 14.7 Å². The summed E-state index contributed by atoms with van der Waals surface area (Å²) in [5.41, 5.74) is 5.07. The molecule has 0 aliphatic rings. The standard InChI is InChI=1S/C14H20N2O6/c1-3-4-9-21-14(19)16-15-12(13(17)18)10-5-7-11(8-6-10)22-20-2/h5-8,12,15H,3-4,9H2,1-2H3,(H,16,19)(H,17,18). The number of unbranched alkanes of at least 4 members (excludes halogenated alkanes) is 1. The first-order chi connectivity index (χ1) is 10.6. The van der Waals surface area contributed by atoms with E-state index >= 15 is 0 Å². The van der Waals surface area contributed by atoms with Gasteiger partial charge in [-0.25, -0.2) is 10.2 Å². The zero-order valence-electron chi connectivity index (χ0n) is 12.5. The van der Waals surface area contributed by atoms with E-state index in [-0.39, 0.29) is 6.61 Å². The number of carboxylic acid groups (broad SMARTS) is 1. The second-order valence-corrected chi connectivity index (χ2v) is 4.35. The number of carbonyl (C=O) groups excluding carboxylic acids is 1. The Hall–Kier alpha value is -2.32. The molecule has 0 aliphatic heterocycles. The summed E-state index contributed by atoms with van der Waals surface area (Å²) in [5, 5.41) is 9.22. The highest BCUT2D eigenvalue weighted by Gasteiger charge is 2.20. The summed E-state index contributed by atoms with van der Waals surface area (Å²) >= 11 is 0. The molecule has 8 nitrogen and oxygen atoms in total. The van der Waals surface area contributed by atoms with Gasteiger partial charge in [-0.3, -0.25) is 10.2 Å². The van der Waals surface area contributed by atoms with Gasteiger partial charge in [-0.1, -0.05) is 25.5 Å². The van der Waals surface area contributed by atoms with Crippen LogP contribution in [0, 0.1) is 0 Å². The van der Waals surface area contributed by atoms with Crippen LogP contribution in [-0.4, -0.2) is 30.9 Å². The second kappa shape index (κ2) is 9.59. The first-order valence-electron chi connectivity index (χ1n) is 6.80. The molecule has 1 aromatic rings. The molecular formula is C14H20N2O6. The molecule has 0 aromatic heterocycles. The van der Waals surface area contributed by atoms with Crippen molar-refractivity contribution in [1.29, 1.82) is 0 Å². The average molecular weight is 312 g/mol. The summed E-state index contributed by atoms with van der Waals surface area (Å²) in [7, 11) is 1.36. The Kier molecular flexibility index (Phi) is 7.73. The number of benzene rings is 1. The number of ether oxygens (including phenoxy) is 1. The SMILES string of the molecule is CCCCOC(=O)NNC(C(=O)O)c1ccc(OOC)cc1. The summed E-state index contributed by atoms with van der Waals surface area (Å²) in [6.45, 7) is 2.25. The van der Waals surface area contributed by atoms with Crippen LogP contribution in [0.25, 0.3) is 0 Å². The number of aliphatic carboxylic acids is 1. The molecule has 1 unspecified atom stereocenters. The van der Waals surface area contributed by atoms with E-state index in [0.29, 0.717) is 11.3 Å². The van der Waals surface area contributed by atoms with Crippen LogP contribution in [0.1, 0.15) is 31.4 Å². The maximum Gasteiger partial charge on any atom is 0.421 e. The van der Waals surface area contributed by atoms with Crippen molar-refractivity contribution in [2.45, 2.75) is 25.8 Å². The molecule has 0 fully saturated rings. The average Bonchev–Trinajstić information content (AvgIpc) is 2.49. The Morgan fingerprint density at radius 3 is 2.50 bits per heavy atom. The zero-order chi connectivity index (χ0) is 16.4. The number of nitrogens with one attached hydrogen (secondary N) is 2. The molecule has 22 heavy (non-hydrogen) atoms. The predicted octanol–water partition coefficient (Wildman–Crippen LogP) is 1.78. The van der Waals surface area contributed by atoms with Crippen molar-refractivity contribution in [1.82, 2.24) is 10.9 Å². The van der Waals surface area contributed by atoms with Crippen molar-refractivity contribution in [3.63, 3.8) is 0 Å². The largest absolute Gasteiger partial charge is 0.480 e. The number of hydrogen-bond acceptors (Lipinski definition) is 6. The molecule has 1 rings (SSSR count). The van der Waals surface area contributed by atoms with Crippen molar-refractivity contribution in [2.24, 2.45) is 0 Å². The molecule has 1 atom stereocenters. The van der Waals surface area contributed by atoms with Gasteiger partial charge in [-0.2, -0.15) is 4.89 Å². The van der Waals surface area contributed by atoms with Gasteiger partial charge in [0, 0.05) is 0 Å². The normalized spacial score (nSPS) is 11.5. The van der Waals surface area contributed by atoms with E-state index in [4.69, 9.17) is 9.62 Å². The fraction of sp³-hybridized carbons (Fsp3) is 0.429. The first kappa shape index (κ1) is 17.7.